The van der Waals surface area contributed by atoms with E-state index < -0.39 is 20.9 Å². The number of hydrogen-bond acceptors (Lipinski definition) is 4. The van der Waals surface area contributed by atoms with Gasteiger partial charge in [-0.25, -0.2) is 18.4 Å². The number of hydrogen-bond donors (Lipinski definition) is 3. The number of aromatic hydroxyl groups is 1. The maximum absolute atomic E-state index is 11.4. The number of pyridine rings is 1. The summed E-state index contributed by atoms with van der Waals surface area (Å²) in [7, 11) is -4.15. The number of nitrogens with zero attached hydrogens (tertiary/aromatic N) is 1. The van der Waals surface area contributed by atoms with E-state index in [-0.39, 0.29) is 22.0 Å². The summed E-state index contributed by atoms with van der Waals surface area (Å²) in [5, 5.41) is 23.4. The number of aromatic carboxylic acids is 1. The number of carbonyl (C=O) groups is 1. The fraction of sp³-hybridized carbons (Fsp3) is 0. The second kappa shape index (κ2) is 5.32. The number of carboxylic acids is 1. The molecule has 1 heterocycles. The lowest BCUT2D eigenvalue weighted by molar-refractivity contribution is -0.596. The summed E-state index contributed by atoms with van der Waals surface area (Å²) in [6.45, 7) is 0. The Bertz CT molecular complexity index is 836. The van der Waals surface area contributed by atoms with Crippen molar-refractivity contribution in [3.05, 3.63) is 47.2 Å². The van der Waals surface area contributed by atoms with Gasteiger partial charge in [-0.2, -0.15) is 4.57 Å². The number of halogens is 1. The summed E-state index contributed by atoms with van der Waals surface area (Å²) in [6.07, 6.45) is 2.74. The van der Waals surface area contributed by atoms with Crippen molar-refractivity contribution >= 4 is 27.6 Å². The van der Waals surface area contributed by atoms with Crippen LogP contribution in [0.5, 0.6) is 5.75 Å². The molecule has 0 aliphatic carbocycles. The molecule has 0 spiro atoms. The third-order valence-corrected chi connectivity index (χ3v) is 4.03. The van der Waals surface area contributed by atoms with Crippen molar-refractivity contribution in [3.8, 4) is 11.4 Å². The molecule has 7 nitrogen and oxygen atoms in total. The predicted octanol–water partition coefficient (Wildman–Crippen LogP) is 0.668. The summed E-state index contributed by atoms with van der Waals surface area (Å²) in [5.74, 6) is -1.46. The molecule has 0 aliphatic rings. The Hall–Kier alpha value is -2.16. The first-order chi connectivity index (χ1) is 9.70. The molecule has 0 bridgehead atoms. The Labute approximate surface area is 124 Å². The van der Waals surface area contributed by atoms with Crippen LogP contribution in [0.25, 0.3) is 5.69 Å². The van der Waals surface area contributed by atoms with Crippen molar-refractivity contribution in [2.45, 2.75) is 4.90 Å². The third kappa shape index (κ3) is 3.13. The van der Waals surface area contributed by atoms with Gasteiger partial charge in [-0.1, -0.05) is 11.6 Å². The first-order valence-corrected chi connectivity index (χ1v) is 7.43. The van der Waals surface area contributed by atoms with Crippen LogP contribution in [0.2, 0.25) is 5.02 Å². The van der Waals surface area contributed by atoms with Gasteiger partial charge in [0.15, 0.2) is 11.9 Å². The van der Waals surface area contributed by atoms with Crippen LogP contribution in [0.15, 0.2) is 41.6 Å². The molecule has 0 aliphatic heterocycles. The zero-order valence-electron chi connectivity index (χ0n) is 10.4. The lowest BCUT2D eigenvalue weighted by atomic mass is 10.1. The van der Waals surface area contributed by atoms with Crippen molar-refractivity contribution in [1.82, 2.24) is 0 Å². The van der Waals surface area contributed by atoms with E-state index in [9.17, 15) is 23.4 Å². The van der Waals surface area contributed by atoms with Crippen molar-refractivity contribution < 1.29 is 28.0 Å². The monoisotopic (exact) mass is 329 g/mol. The van der Waals surface area contributed by atoms with Gasteiger partial charge in [0, 0.05) is 12.1 Å². The quantitative estimate of drug-likeness (QED) is 0.714. The van der Waals surface area contributed by atoms with Gasteiger partial charge < -0.3 is 10.2 Å². The molecule has 0 atom stereocenters. The standard InChI is InChI=1S/C12H9ClN2O5S/c13-9-5-10(15-3-1-2-7(16)6-15)8(12(17)18)4-11(9)21(14,19)20/h1-6H,(H3-,14,16,17,18,19,20)/p+1. The smallest absolute Gasteiger partial charge is 0.342 e. The second-order valence-corrected chi connectivity index (χ2v) is 6.06. The van der Waals surface area contributed by atoms with Crippen LogP contribution in [-0.4, -0.2) is 24.6 Å². The Morgan fingerprint density at radius 3 is 2.52 bits per heavy atom. The molecule has 110 valence electrons. The van der Waals surface area contributed by atoms with E-state index in [1.54, 1.807) is 0 Å². The molecular formula is C12H10ClN2O5S+. The number of benzene rings is 1. The molecule has 21 heavy (non-hydrogen) atoms. The molecule has 4 N–H and O–H groups in total. The number of nitrogens with two attached hydrogens (primary N) is 1. The van der Waals surface area contributed by atoms with Gasteiger partial charge in [0.2, 0.25) is 21.9 Å². The molecule has 0 unspecified atom stereocenters. The zero-order valence-corrected chi connectivity index (χ0v) is 12.0. The predicted molar refractivity (Wildman–Crippen MR) is 73.0 cm³/mol. The first-order valence-electron chi connectivity index (χ1n) is 5.50. The summed E-state index contributed by atoms with van der Waals surface area (Å²) in [5.41, 5.74) is -0.227. The van der Waals surface area contributed by atoms with Crippen LogP contribution in [0.3, 0.4) is 0 Å². The largest absolute Gasteiger partial charge is 0.503 e. The molecule has 0 amide bonds. The van der Waals surface area contributed by atoms with Gasteiger partial charge in [0.25, 0.3) is 0 Å². The fourth-order valence-electron chi connectivity index (χ4n) is 1.76. The Morgan fingerprint density at radius 2 is 2.00 bits per heavy atom. The van der Waals surface area contributed by atoms with E-state index in [2.05, 4.69) is 0 Å². The van der Waals surface area contributed by atoms with Crippen molar-refractivity contribution in [2.75, 3.05) is 0 Å². The molecule has 2 rings (SSSR count). The summed E-state index contributed by atoms with van der Waals surface area (Å²) in [4.78, 5) is 10.8. The van der Waals surface area contributed by atoms with Gasteiger partial charge >= 0.3 is 5.97 Å². The SMILES string of the molecule is NS(=O)(=O)c1cc(C(=O)O)c(-[n+]2cccc(O)c2)cc1Cl. The molecule has 2 aromatic rings. The Balaban J connectivity index is 2.79. The molecule has 1 aromatic heterocycles. The van der Waals surface area contributed by atoms with Crippen molar-refractivity contribution in [3.63, 3.8) is 0 Å². The highest BCUT2D eigenvalue weighted by atomic mass is 35.5. The topological polar surface area (TPSA) is 122 Å². The third-order valence-electron chi connectivity index (χ3n) is 2.65. The molecular weight excluding hydrogens is 320 g/mol. The highest BCUT2D eigenvalue weighted by molar-refractivity contribution is 7.89. The van der Waals surface area contributed by atoms with Crippen LogP contribution in [0, 0.1) is 0 Å². The van der Waals surface area contributed by atoms with E-state index in [1.165, 1.54) is 29.1 Å². The average Bonchev–Trinajstić information content (AvgIpc) is 2.36. The average molecular weight is 330 g/mol. The van der Waals surface area contributed by atoms with Crippen LogP contribution in [0.4, 0.5) is 0 Å². The van der Waals surface area contributed by atoms with Gasteiger partial charge in [-0.05, 0) is 12.1 Å². The maximum atomic E-state index is 11.4. The van der Waals surface area contributed by atoms with E-state index >= 15 is 0 Å². The van der Waals surface area contributed by atoms with E-state index in [4.69, 9.17) is 16.7 Å². The highest BCUT2D eigenvalue weighted by Gasteiger charge is 2.25. The molecule has 0 fully saturated rings. The summed E-state index contributed by atoms with van der Waals surface area (Å²) >= 11 is 5.85. The van der Waals surface area contributed by atoms with Crippen LogP contribution in [-0.2, 0) is 10.0 Å². The number of sulfonamides is 1. The highest BCUT2D eigenvalue weighted by Crippen LogP contribution is 2.25. The minimum absolute atomic E-state index is 0.0933. The first kappa shape index (κ1) is 15.2. The Morgan fingerprint density at radius 1 is 1.33 bits per heavy atom. The minimum Gasteiger partial charge on any atom is -0.503 e. The number of rotatable bonds is 3. The number of carboxylic acid groups (broad SMARTS) is 1. The summed E-state index contributed by atoms with van der Waals surface area (Å²) < 4.78 is 24.1. The molecule has 0 saturated carbocycles. The second-order valence-electron chi connectivity index (χ2n) is 4.12. The van der Waals surface area contributed by atoms with E-state index in [0.717, 1.165) is 12.1 Å². The van der Waals surface area contributed by atoms with Crippen molar-refractivity contribution in [1.29, 1.82) is 0 Å². The van der Waals surface area contributed by atoms with E-state index in [1.807, 2.05) is 0 Å². The van der Waals surface area contributed by atoms with Crippen LogP contribution < -0.4 is 9.71 Å². The lowest BCUT2D eigenvalue weighted by Crippen LogP contribution is -2.32. The summed E-state index contributed by atoms with van der Waals surface area (Å²) in [6, 6.07) is 4.93. The Kier molecular flexibility index (Phi) is 3.86. The fourth-order valence-corrected chi connectivity index (χ4v) is 2.85. The normalized spacial score (nSPS) is 11.3. The van der Waals surface area contributed by atoms with Crippen LogP contribution in [0.1, 0.15) is 10.4 Å². The zero-order chi connectivity index (χ0) is 15.8. The van der Waals surface area contributed by atoms with Gasteiger partial charge in [-0.3, -0.25) is 0 Å². The maximum Gasteiger partial charge on any atom is 0.342 e. The number of aromatic nitrogens is 1. The molecule has 0 saturated heterocycles. The van der Waals surface area contributed by atoms with Gasteiger partial charge in [0.05, 0.1) is 5.02 Å². The molecule has 9 heteroatoms. The molecule has 0 radical (unpaired) electrons. The van der Waals surface area contributed by atoms with Gasteiger partial charge in [0.1, 0.15) is 10.5 Å². The number of primary sulfonamides is 1. The van der Waals surface area contributed by atoms with E-state index in [0.29, 0.717) is 0 Å². The van der Waals surface area contributed by atoms with Gasteiger partial charge in [-0.15, -0.1) is 0 Å². The molecule has 1 aromatic carbocycles. The van der Waals surface area contributed by atoms with Crippen molar-refractivity contribution in [2.24, 2.45) is 5.14 Å². The van der Waals surface area contributed by atoms with Crippen LogP contribution >= 0.6 is 11.6 Å². The minimum atomic E-state index is -4.15. The lowest BCUT2D eigenvalue weighted by Gasteiger charge is -2.06.